The van der Waals surface area contributed by atoms with Crippen molar-refractivity contribution >= 4 is 73.3 Å². The van der Waals surface area contributed by atoms with Crippen LogP contribution in [0.1, 0.15) is 103 Å². The zero-order chi connectivity index (χ0) is 42.0. The second kappa shape index (κ2) is 12.1. The number of fused-ring (bicyclic) bond motifs is 12. The Kier molecular flexibility index (Phi) is 7.30. The smallest absolute Gasteiger partial charge is 0.197 e. The molecule has 0 fully saturated rings. The molecule has 0 saturated carbocycles. The Balaban J connectivity index is 1.16. The molecule has 2 aliphatic carbocycles. The van der Waals surface area contributed by atoms with E-state index in [4.69, 9.17) is 4.42 Å². The predicted molar refractivity (Wildman–Crippen MR) is 260 cm³/mol. The predicted octanol–water partition coefficient (Wildman–Crippen LogP) is 14.0. The van der Waals surface area contributed by atoms with Gasteiger partial charge in [0.2, 0.25) is 0 Å². The highest BCUT2D eigenvalue weighted by molar-refractivity contribution is 6.73. The Bertz CT molecular complexity index is 3360. The molecule has 1 aliphatic heterocycles. The topological polar surface area (TPSA) is 30.1 Å². The van der Waals surface area contributed by atoms with Gasteiger partial charge >= 0.3 is 0 Å². The van der Waals surface area contributed by atoms with Gasteiger partial charge in [-0.25, -0.2) is 0 Å². The molecule has 0 saturated heterocycles. The molecule has 2 aromatic heterocycles. The largest absolute Gasteiger partial charge is 0.456 e. The normalized spacial score (nSPS) is 16.7. The maximum Gasteiger partial charge on any atom is 0.197 e. The summed E-state index contributed by atoms with van der Waals surface area (Å²) in [6.45, 7) is 21.4. The Morgan fingerprint density at radius 3 is 2.07 bits per heavy atom. The quantitative estimate of drug-likeness (QED) is 0.181. The number of hydrogen-bond donors (Lipinski definition) is 1. The first-order valence-electron chi connectivity index (χ1n) is 22.2. The number of anilines is 2. The third kappa shape index (κ3) is 5.17. The molecule has 0 atom stereocenters. The molecule has 7 aromatic carbocycles. The van der Waals surface area contributed by atoms with Crippen LogP contribution in [0.25, 0.3) is 71.7 Å². The summed E-state index contributed by atoms with van der Waals surface area (Å²) >= 11 is 0. The van der Waals surface area contributed by atoms with Crippen molar-refractivity contribution in [1.29, 1.82) is 0 Å². The molecular formula is C57H52BN2O. The van der Waals surface area contributed by atoms with Gasteiger partial charge in [0.05, 0.1) is 5.52 Å². The van der Waals surface area contributed by atoms with Crippen molar-refractivity contribution in [3.05, 3.63) is 149 Å². The minimum atomic E-state index is -0.119. The zero-order valence-electron chi connectivity index (χ0n) is 36.9. The second-order valence-corrected chi connectivity index (χ2v) is 21.2. The van der Waals surface area contributed by atoms with Gasteiger partial charge in [0.25, 0.3) is 0 Å². The van der Waals surface area contributed by atoms with E-state index in [0.29, 0.717) is 0 Å². The van der Waals surface area contributed by atoms with E-state index in [1.54, 1.807) is 0 Å². The highest BCUT2D eigenvalue weighted by Gasteiger charge is 2.40. The average Bonchev–Trinajstić information content (AvgIpc) is 3.83. The van der Waals surface area contributed by atoms with Gasteiger partial charge in [-0.1, -0.05) is 141 Å². The third-order valence-electron chi connectivity index (χ3n) is 15.0. The Morgan fingerprint density at radius 1 is 0.574 bits per heavy atom. The molecule has 0 amide bonds. The molecule has 4 heteroatoms. The number of rotatable bonds is 3. The molecule has 9 aromatic rings. The summed E-state index contributed by atoms with van der Waals surface area (Å²) < 4.78 is 9.16. The monoisotopic (exact) mass is 791 g/mol. The number of hydrogen-bond acceptors (Lipinski definition) is 2. The lowest BCUT2D eigenvalue weighted by molar-refractivity contribution is 0.332. The molecule has 299 valence electrons. The van der Waals surface area contributed by atoms with Crippen LogP contribution in [0, 0.1) is 0 Å². The van der Waals surface area contributed by atoms with Gasteiger partial charge in [-0.15, -0.1) is 0 Å². The zero-order valence-corrected chi connectivity index (χ0v) is 36.9. The van der Waals surface area contributed by atoms with Gasteiger partial charge in [-0.05, 0) is 122 Å². The van der Waals surface area contributed by atoms with E-state index in [-0.39, 0.29) is 21.7 Å². The minimum Gasteiger partial charge on any atom is -0.456 e. The van der Waals surface area contributed by atoms with Crippen molar-refractivity contribution in [2.75, 3.05) is 5.32 Å². The van der Waals surface area contributed by atoms with Gasteiger partial charge in [-0.2, -0.15) is 0 Å². The molecule has 1 N–H and O–H groups in total. The Labute approximate surface area is 360 Å². The van der Waals surface area contributed by atoms with Crippen LogP contribution in [0.4, 0.5) is 11.4 Å². The van der Waals surface area contributed by atoms with Gasteiger partial charge in [-0.3, -0.25) is 0 Å². The number of furan rings is 1. The van der Waals surface area contributed by atoms with E-state index in [9.17, 15) is 0 Å². The molecule has 3 aliphatic rings. The van der Waals surface area contributed by atoms with Crippen molar-refractivity contribution in [3.8, 4) is 27.9 Å². The number of benzene rings is 7. The molecule has 0 bridgehead atoms. The average molecular weight is 792 g/mol. The first kappa shape index (κ1) is 36.8. The van der Waals surface area contributed by atoms with Gasteiger partial charge in [0.15, 0.2) is 7.28 Å². The second-order valence-electron chi connectivity index (χ2n) is 21.2. The van der Waals surface area contributed by atoms with Crippen molar-refractivity contribution in [3.63, 3.8) is 0 Å². The van der Waals surface area contributed by atoms with Gasteiger partial charge < -0.3 is 14.3 Å². The van der Waals surface area contributed by atoms with E-state index in [1.807, 2.05) is 0 Å². The maximum absolute atomic E-state index is 6.59. The third-order valence-corrected chi connectivity index (χ3v) is 15.0. The summed E-state index contributed by atoms with van der Waals surface area (Å²) in [6.07, 6.45) is 2.32. The number of para-hydroxylation sites is 1. The van der Waals surface area contributed by atoms with E-state index in [1.165, 1.54) is 88.5 Å². The molecule has 12 rings (SSSR count). The van der Waals surface area contributed by atoms with Crippen LogP contribution in [0.3, 0.4) is 0 Å². The highest BCUT2D eigenvalue weighted by atomic mass is 16.3. The van der Waals surface area contributed by atoms with Crippen LogP contribution in [-0.4, -0.2) is 11.8 Å². The van der Waals surface area contributed by atoms with Gasteiger partial charge in [0, 0.05) is 61.2 Å². The molecule has 0 unspecified atom stereocenters. The lowest BCUT2D eigenvalue weighted by atomic mass is 9.58. The fraction of sp³-hybridized carbons (Fsp3) is 0.263. The van der Waals surface area contributed by atoms with Crippen LogP contribution in [-0.2, 0) is 21.7 Å². The highest BCUT2D eigenvalue weighted by Crippen LogP contribution is 2.52. The summed E-state index contributed by atoms with van der Waals surface area (Å²) in [5.41, 5.74) is 22.5. The van der Waals surface area contributed by atoms with Crippen LogP contribution < -0.4 is 16.2 Å². The molecule has 61 heavy (non-hydrogen) atoms. The molecule has 3 nitrogen and oxygen atoms in total. The standard InChI is InChI=1S/C57H52BN2O/c1-54(2,3)32-18-20-33(21-19-32)59-47-29-45-44(55(4,5)24-25-56(45,6)7)27-39(47)36-22-23-37-40-26-41-35-15-11-13-17-50(35)61-51(41)31-48(40)60-49-30-43-38(28-46(49)58-52(36)53(37)60)34-14-10-12-16-42(34)57(43,8)9/h10-23,26-31,59H,24-25H2,1-9H3. The number of nitrogens with one attached hydrogen (secondary N) is 1. The van der Waals surface area contributed by atoms with E-state index >= 15 is 0 Å². The van der Waals surface area contributed by atoms with Crippen LogP contribution in [0.2, 0.25) is 0 Å². The van der Waals surface area contributed by atoms with Crippen molar-refractivity contribution in [1.82, 2.24) is 4.57 Å². The number of nitrogens with zero attached hydrogens (tertiary/aromatic N) is 1. The van der Waals surface area contributed by atoms with E-state index < -0.39 is 0 Å². The van der Waals surface area contributed by atoms with Crippen molar-refractivity contribution in [2.24, 2.45) is 0 Å². The molecular weight excluding hydrogens is 739 g/mol. The molecule has 3 heterocycles. The molecule has 1 radical (unpaired) electrons. The lowest BCUT2D eigenvalue weighted by Gasteiger charge is -2.42. The van der Waals surface area contributed by atoms with Crippen LogP contribution in [0.5, 0.6) is 0 Å². The lowest BCUT2D eigenvalue weighted by Crippen LogP contribution is -2.38. The Hall–Kier alpha value is -6.00. The summed E-state index contributed by atoms with van der Waals surface area (Å²) in [7, 11) is 2.50. The summed E-state index contributed by atoms with van der Waals surface area (Å²) in [4.78, 5) is 0. The number of aromatic nitrogens is 1. The van der Waals surface area contributed by atoms with Crippen molar-refractivity contribution < 1.29 is 4.42 Å². The minimum absolute atomic E-state index is 0.0522. The SMILES string of the molecule is CC(C)(C)c1ccc(Nc2cc3c(cc2-c2ccc4c5cc6c(cc5n5c4c2[B]c2cc4c(cc2-5)C(C)(C)c2ccccc2-4)oc2ccccc26)C(C)(C)CCC3(C)C)cc1. The van der Waals surface area contributed by atoms with E-state index in [0.717, 1.165) is 46.2 Å². The maximum atomic E-state index is 6.59. The van der Waals surface area contributed by atoms with Crippen LogP contribution >= 0.6 is 0 Å². The first-order chi connectivity index (χ1) is 29.1. The molecule has 0 spiro atoms. The van der Waals surface area contributed by atoms with Crippen LogP contribution in [0.15, 0.2) is 126 Å². The summed E-state index contributed by atoms with van der Waals surface area (Å²) in [5.74, 6) is 0. The summed E-state index contributed by atoms with van der Waals surface area (Å²) in [6, 6.07) is 46.0. The Morgan fingerprint density at radius 2 is 1.30 bits per heavy atom. The van der Waals surface area contributed by atoms with Gasteiger partial charge in [0.1, 0.15) is 11.2 Å². The fourth-order valence-electron chi connectivity index (χ4n) is 11.3. The fourth-order valence-corrected chi connectivity index (χ4v) is 11.3. The van der Waals surface area contributed by atoms with Crippen molar-refractivity contribution in [2.45, 2.75) is 96.8 Å². The van der Waals surface area contributed by atoms with E-state index in [2.05, 4.69) is 201 Å². The first-order valence-corrected chi connectivity index (χ1v) is 22.2. The summed E-state index contributed by atoms with van der Waals surface area (Å²) in [5, 5.41) is 8.82.